The van der Waals surface area contributed by atoms with Crippen LogP contribution in [-0.2, 0) is 4.79 Å². The van der Waals surface area contributed by atoms with Gasteiger partial charge >= 0.3 is 0 Å². The molecule has 33 heavy (non-hydrogen) atoms. The Morgan fingerprint density at radius 3 is 2.39 bits per heavy atom. The van der Waals surface area contributed by atoms with Crippen LogP contribution in [0.4, 0.5) is 5.69 Å². The lowest BCUT2D eigenvalue weighted by Gasteiger charge is -2.31. The summed E-state index contributed by atoms with van der Waals surface area (Å²) in [7, 11) is 4.63. The number of fused-ring (bicyclic) bond motifs is 3. The number of nitrogens with zero attached hydrogens (tertiary/aromatic N) is 4. The van der Waals surface area contributed by atoms with Gasteiger partial charge in [-0.25, -0.2) is 0 Å². The number of aromatic nitrogens is 3. The second-order valence-corrected chi connectivity index (χ2v) is 8.23. The average molecular weight is 469 g/mol. The van der Waals surface area contributed by atoms with Crippen molar-refractivity contribution in [1.29, 1.82) is 0 Å². The first-order chi connectivity index (χ1) is 16.0. The number of carbonyl (C=O) groups is 1. The molecule has 3 aromatic rings. The largest absolute Gasteiger partial charge is 0.496 e. The molecule has 1 amide bonds. The zero-order chi connectivity index (χ0) is 23.5. The Morgan fingerprint density at radius 1 is 1.09 bits per heavy atom. The Balaban J connectivity index is 2.01. The second-order valence-electron chi connectivity index (χ2n) is 7.00. The molecule has 1 aromatic heterocycles. The van der Waals surface area contributed by atoms with Gasteiger partial charge in [0.05, 0.1) is 32.6 Å². The smallest absolute Gasteiger partial charge is 0.247 e. The molecule has 0 N–H and O–H groups in total. The highest BCUT2D eigenvalue weighted by atomic mass is 32.2. The van der Waals surface area contributed by atoms with Gasteiger partial charge in [0.2, 0.25) is 23.2 Å². The second kappa shape index (κ2) is 9.53. The van der Waals surface area contributed by atoms with Crippen LogP contribution in [0.3, 0.4) is 0 Å². The van der Waals surface area contributed by atoms with Crippen molar-refractivity contribution in [1.82, 2.24) is 15.2 Å². The average Bonchev–Trinajstić information content (AvgIpc) is 2.97. The Morgan fingerprint density at radius 2 is 1.79 bits per heavy atom. The van der Waals surface area contributed by atoms with Gasteiger partial charge in [0.15, 0.2) is 5.69 Å². The SMILES string of the molecule is CCSc1nnc2c(n1)O[C@H](c1c(OC)cc(OC)cc1OC)N(C(C)=O)c1ccccc1-2. The van der Waals surface area contributed by atoms with Crippen LogP contribution in [0.25, 0.3) is 11.3 Å². The van der Waals surface area contributed by atoms with Gasteiger partial charge in [-0.05, 0) is 11.8 Å². The summed E-state index contributed by atoms with van der Waals surface area (Å²) in [5.74, 6) is 2.22. The molecule has 2 heterocycles. The summed E-state index contributed by atoms with van der Waals surface area (Å²) >= 11 is 1.45. The van der Waals surface area contributed by atoms with Gasteiger partial charge in [0, 0.05) is 24.6 Å². The first-order valence-electron chi connectivity index (χ1n) is 10.3. The van der Waals surface area contributed by atoms with Gasteiger partial charge in [-0.3, -0.25) is 9.69 Å². The fourth-order valence-corrected chi connectivity index (χ4v) is 4.21. The van der Waals surface area contributed by atoms with Crippen LogP contribution in [0.5, 0.6) is 23.1 Å². The molecule has 0 saturated carbocycles. The van der Waals surface area contributed by atoms with Crippen LogP contribution in [0, 0.1) is 0 Å². The number of amides is 1. The van der Waals surface area contributed by atoms with Crippen LogP contribution in [0.1, 0.15) is 25.6 Å². The highest BCUT2D eigenvalue weighted by Crippen LogP contribution is 2.48. The van der Waals surface area contributed by atoms with Crippen molar-refractivity contribution >= 4 is 23.4 Å². The molecule has 10 heteroatoms. The highest BCUT2D eigenvalue weighted by molar-refractivity contribution is 7.99. The summed E-state index contributed by atoms with van der Waals surface area (Å²) < 4.78 is 23.1. The first kappa shape index (κ1) is 22.7. The molecule has 0 fully saturated rings. The van der Waals surface area contributed by atoms with E-state index in [4.69, 9.17) is 18.9 Å². The number of methoxy groups -OCH3 is 3. The summed E-state index contributed by atoms with van der Waals surface area (Å²) in [6.45, 7) is 3.48. The number of rotatable bonds is 6. The fourth-order valence-electron chi connectivity index (χ4n) is 3.71. The number of para-hydroxylation sites is 1. The topological polar surface area (TPSA) is 95.9 Å². The molecule has 9 nitrogen and oxygen atoms in total. The van der Waals surface area contributed by atoms with Crippen molar-refractivity contribution in [3.8, 4) is 34.4 Å². The van der Waals surface area contributed by atoms with Gasteiger partial charge in [-0.1, -0.05) is 36.9 Å². The van der Waals surface area contributed by atoms with E-state index in [-0.39, 0.29) is 11.8 Å². The molecular weight excluding hydrogens is 444 g/mol. The summed E-state index contributed by atoms with van der Waals surface area (Å²) in [4.78, 5) is 19.2. The van der Waals surface area contributed by atoms with Gasteiger partial charge in [-0.15, -0.1) is 10.2 Å². The maximum Gasteiger partial charge on any atom is 0.247 e. The number of anilines is 1. The van der Waals surface area contributed by atoms with Crippen molar-refractivity contribution in [2.24, 2.45) is 0 Å². The number of ether oxygens (including phenoxy) is 4. The zero-order valence-electron chi connectivity index (χ0n) is 19.0. The molecule has 1 atom stereocenters. The van der Waals surface area contributed by atoms with Gasteiger partial charge < -0.3 is 18.9 Å². The lowest BCUT2D eigenvalue weighted by atomic mass is 10.1. The van der Waals surface area contributed by atoms with Crippen molar-refractivity contribution < 1.29 is 23.7 Å². The third-order valence-corrected chi connectivity index (χ3v) is 5.84. The molecule has 0 spiro atoms. The van der Waals surface area contributed by atoms with Gasteiger partial charge in [0.25, 0.3) is 0 Å². The summed E-state index contributed by atoms with van der Waals surface area (Å²) in [5, 5.41) is 9.11. The summed E-state index contributed by atoms with van der Waals surface area (Å²) in [5.41, 5.74) is 2.26. The minimum Gasteiger partial charge on any atom is -0.496 e. The maximum atomic E-state index is 13.0. The van der Waals surface area contributed by atoms with Crippen LogP contribution in [0.15, 0.2) is 41.6 Å². The normalized spacial score (nSPS) is 14.5. The van der Waals surface area contributed by atoms with E-state index in [9.17, 15) is 4.79 Å². The van der Waals surface area contributed by atoms with E-state index < -0.39 is 6.23 Å². The van der Waals surface area contributed by atoms with Crippen LogP contribution in [0.2, 0.25) is 0 Å². The van der Waals surface area contributed by atoms with E-state index in [1.807, 2.05) is 31.2 Å². The number of hydrogen-bond acceptors (Lipinski definition) is 9. The number of hydrogen-bond donors (Lipinski definition) is 0. The molecule has 172 valence electrons. The standard InChI is InChI=1S/C23H24N4O5S/c1-6-33-23-24-21-20(25-26-23)15-9-7-8-10-16(15)27(13(2)28)22(32-21)19-17(30-4)11-14(29-3)12-18(19)31-5/h7-12,22H,6H2,1-5H3/t22-/m1/s1. The first-order valence-corrected chi connectivity index (χ1v) is 11.2. The van der Waals surface area contributed by atoms with E-state index in [1.54, 1.807) is 19.2 Å². The molecule has 2 aromatic carbocycles. The summed E-state index contributed by atoms with van der Waals surface area (Å²) in [6, 6.07) is 10.8. The fraction of sp³-hybridized carbons (Fsp3) is 0.304. The van der Waals surface area contributed by atoms with Gasteiger partial charge in [0.1, 0.15) is 17.2 Å². The predicted octanol–water partition coefficient (Wildman–Crippen LogP) is 4.12. The molecule has 0 unspecified atom stereocenters. The van der Waals surface area contributed by atoms with Crippen molar-refractivity contribution in [2.75, 3.05) is 32.0 Å². The van der Waals surface area contributed by atoms with Crippen LogP contribution in [-0.4, -0.2) is 48.2 Å². The molecule has 4 rings (SSSR count). The van der Waals surface area contributed by atoms with E-state index in [2.05, 4.69) is 15.2 Å². The molecule has 0 saturated heterocycles. The monoisotopic (exact) mass is 468 g/mol. The van der Waals surface area contributed by atoms with Gasteiger partial charge in [-0.2, -0.15) is 4.98 Å². The van der Waals surface area contributed by atoms with Crippen LogP contribution < -0.4 is 23.8 Å². The number of carbonyl (C=O) groups excluding carboxylic acids is 1. The lowest BCUT2D eigenvalue weighted by molar-refractivity contribution is -0.118. The Bertz CT molecular complexity index is 1160. The molecule has 0 radical (unpaired) electrons. The summed E-state index contributed by atoms with van der Waals surface area (Å²) in [6.07, 6.45) is -0.947. The van der Waals surface area contributed by atoms with Crippen molar-refractivity contribution in [3.63, 3.8) is 0 Å². The van der Waals surface area contributed by atoms with Crippen molar-refractivity contribution in [3.05, 3.63) is 42.0 Å². The molecular formula is C23H24N4O5S. The van der Waals surface area contributed by atoms with E-state index in [1.165, 1.54) is 37.8 Å². The van der Waals surface area contributed by atoms with Crippen molar-refractivity contribution in [2.45, 2.75) is 25.2 Å². The third kappa shape index (κ3) is 4.13. The Labute approximate surface area is 196 Å². The van der Waals surface area contributed by atoms with E-state index in [0.29, 0.717) is 44.9 Å². The number of benzene rings is 2. The quantitative estimate of drug-likeness (QED) is 0.495. The molecule has 1 aliphatic heterocycles. The highest BCUT2D eigenvalue weighted by Gasteiger charge is 2.38. The van der Waals surface area contributed by atoms with Crippen LogP contribution >= 0.6 is 11.8 Å². The maximum absolute atomic E-state index is 13.0. The molecule has 0 bridgehead atoms. The van der Waals surface area contributed by atoms with E-state index in [0.717, 1.165) is 5.75 Å². The number of thioether (sulfide) groups is 1. The Hall–Kier alpha value is -3.53. The minimum atomic E-state index is -0.947. The zero-order valence-corrected chi connectivity index (χ0v) is 19.8. The Kier molecular flexibility index (Phi) is 6.55. The predicted molar refractivity (Wildman–Crippen MR) is 124 cm³/mol. The molecule has 0 aliphatic carbocycles. The third-order valence-electron chi connectivity index (χ3n) is 5.12. The van der Waals surface area contributed by atoms with E-state index >= 15 is 0 Å². The lowest BCUT2D eigenvalue weighted by Crippen LogP contribution is -2.36. The molecule has 1 aliphatic rings. The minimum absolute atomic E-state index is 0.240.